The van der Waals surface area contributed by atoms with E-state index in [0.29, 0.717) is 16.5 Å². The Balaban J connectivity index is 1.62. The third-order valence-corrected chi connectivity index (χ3v) is 6.14. The normalized spacial score (nSPS) is 16.9. The van der Waals surface area contributed by atoms with Crippen LogP contribution in [0.25, 0.3) is 0 Å². The van der Waals surface area contributed by atoms with Crippen molar-refractivity contribution in [3.8, 4) is 0 Å². The molecule has 0 spiro atoms. The molecule has 3 rings (SSSR count). The van der Waals surface area contributed by atoms with Gasteiger partial charge >= 0.3 is 17.8 Å². The summed E-state index contributed by atoms with van der Waals surface area (Å²) in [6, 6.07) is 0. The first-order valence-electron chi connectivity index (χ1n) is 9.56. The van der Waals surface area contributed by atoms with Gasteiger partial charge in [-0.1, -0.05) is 19.3 Å². The number of hydrazone groups is 1. The van der Waals surface area contributed by atoms with Crippen molar-refractivity contribution in [3.05, 3.63) is 16.0 Å². The second-order valence-electron chi connectivity index (χ2n) is 6.85. The molecular formula is C19H25N3O4S. The Morgan fingerprint density at radius 1 is 1.15 bits per heavy atom. The zero-order valence-electron chi connectivity index (χ0n) is 15.5. The second kappa shape index (κ2) is 9.12. The highest BCUT2D eigenvalue weighted by molar-refractivity contribution is 7.17. The summed E-state index contributed by atoms with van der Waals surface area (Å²) in [7, 11) is 0. The molecule has 7 nitrogen and oxygen atoms in total. The smallest absolute Gasteiger partial charge is 0.341 e. The van der Waals surface area contributed by atoms with Gasteiger partial charge in [-0.15, -0.1) is 11.3 Å². The van der Waals surface area contributed by atoms with Gasteiger partial charge in [0.05, 0.1) is 12.2 Å². The van der Waals surface area contributed by atoms with Crippen molar-refractivity contribution in [2.75, 3.05) is 11.9 Å². The molecular weight excluding hydrogens is 366 g/mol. The van der Waals surface area contributed by atoms with Crippen molar-refractivity contribution in [1.29, 1.82) is 0 Å². The van der Waals surface area contributed by atoms with E-state index in [-0.39, 0.29) is 6.61 Å². The fraction of sp³-hybridized carbons (Fsp3) is 0.579. The molecule has 146 valence electrons. The van der Waals surface area contributed by atoms with Crippen LogP contribution in [0, 0.1) is 5.92 Å². The van der Waals surface area contributed by atoms with E-state index in [4.69, 9.17) is 4.74 Å². The van der Waals surface area contributed by atoms with Crippen LogP contribution in [0.15, 0.2) is 5.10 Å². The predicted octanol–water partition coefficient (Wildman–Crippen LogP) is 3.03. The number of aryl methyl sites for hydroxylation is 1. The first-order chi connectivity index (χ1) is 13.1. The first-order valence-corrected chi connectivity index (χ1v) is 10.4. The average Bonchev–Trinajstić information content (AvgIpc) is 3.23. The Morgan fingerprint density at radius 3 is 2.67 bits per heavy atom. The zero-order valence-corrected chi connectivity index (χ0v) is 16.3. The van der Waals surface area contributed by atoms with E-state index in [1.165, 1.54) is 30.6 Å². The van der Waals surface area contributed by atoms with E-state index in [2.05, 4.69) is 15.8 Å². The fourth-order valence-electron chi connectivity index (χ4n) is 3.61. The molecule has 1 heterocycles. The Morgan fingerprint density at radius 2 is 1.93 bits per heavy atom. The monoisotopic (exact) mass is 391 g/mol. The second-order valence-corrected chi connectivity index (χ2v) is 7.96. The van der Waals surface area contributed by atoms with E-state index in [9.17, 15) is 14.4 Å². The van der Waals surface area contributed by atoms with E-state index >= 15 is 0 Å². The molecule has 0 aromatic carbocycles. The van der Waals surface area contributed by atoms with Crippen molar-refractivity contribution in [3.63, 3.8) is 0 Å². The number of rotatable bonds is 5. The highest BCUT2D eigenvalue weighted by Crippen LogP contribution is 2.39. The van der Waals surface area contributed by atoms with Crippen LogP contribution >= 0.6 is 11.3 Å². The summed E-state index contributed by atoms with van der Waals surface area (Å²) in [5, 5.41) is 6.87. The lowest BCUT2D eigenvalue weighted by molar-refractivity contribution is -0.136. The molecule has 2 N–H and O–H groups in total. The van der Waals surface area contributed by atoms with E-state index < -0.39 is 17.8 Å². The van der Waals surface area contributed by atoms with Crippen molar-refractivity contribution < 1.29 is 19.1 Å². The minimum absolute atomic E-state index is 0.257. The summed E-state index contributed by atoms with van der Waals surface area (Å²) in [6.45, 7) is 1.99. The summed E-state index contributed by atoms with van der Waals surface area (Å²) in [5.41, 5.74) is 3.60. The van der Waals surface area contributed by atoms with Crippen LogP contribution in [0.5, 0.6) is 0 Å². The first kappa shape index (κ1) is 19.5. The lowest BCUT2D eigenvalue weighted by Crippen LogP contribution is -2.33. The van der Waals surface area contributed by atoms with Gasteiger partial charge in [0.2, 0.25) is 0 Å². The number of thiophene rings is 1. The number of carbonyl (C=O) groups is 3. The van der Waals surface area contributed by atoms with Crippen LogP contribution in [0.1, 0.15) is 66.2 Å². The maximum absolute atomic E-state index is 12.3. The number of hydrogen-bond acceptors (Lipinski definition) is 6. The number of fused-ring (bicyclic) bond motifs is 1. The van der Waals surface area contributed by atoms with E-state index in [1.54, 1.807) is 13.1 Å². The molecule has 2 aliphatic carbocycles. The minimum atomic E-state index is -0.842. The molecule has 0 unspecified atom stereocenters. The zero-order chi connectivity index (χ0) is 19.2. The van der Waals surface area contributed by atoms with Crippen LogP contribution < -0.4 is 10.7 Å². The van der Waals surface area contributed by atoms with Gasteiger partial charge in [0.25, 0.3) is 0 Å². The summed E-state index contributed by atoms with van der Waals surface area (Å²) >= 11 is 1.34. The highest BCUT2D eigenvalue weighted by atomic mass is 32.1. The molecule has 1 aromatic rings. The third-order valence-electron chi connectivity index (χ3n) is 4.94. The Bertz CT molecular complexity index is 750. The molecule has 0 bridgehead atoms. The molecule has 2 aliphatic rings. The van der Waals surface area contributed by atoms with Crippen molar-refractivity contribution >= 4 is 40.3 Å². The quantitative estimate of drug-likeness (QED) is 0.349. The van der Waals surface area contributed by atoms with Gasteiger partial charge in [0.1, 0.15) is 5.00 Å². The van der Waals surface area contributed by atoms with Gasteiger partial charge in [-0.3, -0.25) is 9.59 Å². The number of amides is 2. The molecule has 8 heteroatoms. The van der Waals surface area contributed by atoms with Crippen LogP contribution in [0.3, 0.4) is 0 Å². The van der Waals surface area contributed by atoms with Crippen LogP contribution in [-0.2, 0) is 27.2 Å². The lowest BCUT2D eigenvalue weighted by Gasteiger charge is -2.16. The lowest BCUT2D eigenvalue weighted by atomic mass is 9.90. The summed E-state index contributed by atoms with van der Waals surface area (Å²) in [4.78, 5) is 37.6. The van der Waals surface area contributed by atoms with Gasteiger partial charge < -0.3 is 10.1 Å². The number of nitrogens with zero attached hydrogens (tertiary/aromatic N) is 1. The molecule has 0 aliphatic heterocycles. The SMILES string of the molecule is CCOC(=O)c1c(NC(=O)C(=O)NN=CC2CCCCC2)sc2c1CCC2. The fourth-order valence-corrected chi connectivity index (χ4v) is 4.88. The number of hydrogen-bond donors (Lipinski definition) is 2. The maximum atomic E-state index is 12.3. The number of carbonyl (C=O) groups excluding carboxylic acids is 3. The summed E-state index contributed by atoms with van der Waals surface area (Å²) < 4.78 is 5.12. The van der Waals surface area contributed by atoms with E-state index in [0.717, 1.165) is 42.5 Å². The van der Waals surface area contributed by atoms with Gasteiger partial charge in [0, 0.05) is 11.1 Å². The number of ether oxygens (including phenoxy) is 1. The average molecular weight is 391 g/mol. The molecule has 1 aromatic heterocycles. The number of esters is 1. The molecule has 0 radical (unpaired) electrons. The number of nitrogens with one attached hydrogen (secondary N) is 2. The topological polar surface area (TPSA) is 96.9 Å². The van der Waals surface area contributed by atoms with Crippen LogP contribution in [-0.4, -0.2) is 30.6 Å². The molecule has 0 saturated heterocycles. The summed E-state index contributed by atoms with van der Waals surface area (Å²) in [5.74, 6) is -1.77. The van der Waals surface area contributed by atoms with E-state index in [1.807, 2.05) is 0 Å². The van der Waals surface area contributed by atoms with Crippen LogP contribution in [0.2, 0.25) is 0 Å². The van der Waals surface area contributed by atoms with Gasteiger partial charge in [-0.25, -0.2) is 10.2 Å². The summed E-state index contributed by atoms with van der Waals surface area (Å²) in [6.07, 6.45) is 10.1. The standard InChI is InChI=1S/C19H25N3O4S/c1-2-26-19(25)15-13-9-6-10-14(13)27-18(15)21-16(23)17(24)22-20-11-12-7-4-3-5-8-12/h11-12H,2-10H2,1H3,(H,21,23)(H,22,24). The Labute approximate surface area is 162 Å². The Hall–Kier alpha value is -2.22. The largest absolute Gasteiger partial charge is 0.462 e. The third kappa shape index (κ3) is 4.74. The molecule has 1 saturated carbocycles. The number of anilines is 1. The van der Waals surface area contributed by atoms with Gasteiger partial charge in [0.15, 0.2) is 0 Å². The Kier molecular flexibility index (Phi) is 6.60. The van der Waals surface area contributed by atoms with Gasteiger partial charge in [-0.2, -0.15) is 5.10 Å². The van der Waals surface area contributed by atoms with Crippen molar-refractivity contribution in [2.45, 2.75) is 58.3 Å². The predicted molar refractivity (Wildman–Crippen MR) is 104 cm³/mol. The molecule has 27 heavy (non-hydrogen) atoms. The van der Waals surface area contributed by atoms with Crippen molar-refractivity contribution in [2.24, 2.45) is 11.0 Å². The van der Waals surface area contributed by atoms with Crippen LogP contribution in [0.4, 0.5) is 5.00 Å². The maximum Gasteiger partial charge on any atom is 0.341 e. The van der Waals surface area contributed by atoms with Gasteiger partial charge in [-0.05, 0) is 50.5 Å². The highest BCUT2D eigenvalue weighted by Gasteiger charge is 2.29. The van der Waals surface area contributed by atoms with Crippen molar-refractivity contribution in [1.82, 2.24) is 5.43 Å². The molecule has 0 atom stereocenters. The molecule has 2 amide bonds. The molecule has 1 fully saturated rings. The minimum Gasteiger partial charge on any atom is -0.462 e.